The van der Waals surface area contributed by atoms with Gasteiger partial charge in [0.25, 0.3) is 0 Å². The van der Waals surface area contributed by atoms with E-state index < -0.39 is 0 Å². The normalized spacial score (nSPS) is 11.2. The second-order valence-electron chi connectivity index (χ2n) is 6.59. The van der Waals surface area contributed by atoms with Gasteiger partial charge in [-0.2, -0.15) is 0 Å². The summed E-state index contributed by atoms with van der Waals surface area (Å²) in [7, 11) is 0. The molecule has 0 aliphatic rings. The van der Waals surface area contributed by atoms with Crippen LogP contribution in [0.5, 0.6) is 0 Å². The lowest BCUT2D eigenvalue weighted by Gasteiger charge is -2.06. The van der Waals surface area contributed by atoms with Crippen LogP contribution in [0.25, 0.3) is 39.5 Å². The predicted octanol–water partition coefficient (Wildman–Crippen LogP) is 4.90. The van der Waals surface area contributed by atoms with Gasteiger partial charge in [-0.3, -0.25) is 4.40 Å². The third-order valence-corrected chi connectivity index (χ3v) is 4.66. The van der Waals surface area contributed by atoms with E-state index >= 15 is 0 Å². The molecule has 6 heteroatoms. The van der Waals surface area contributed by atoms with Crippen molar-refractivity contribution in [2.45, 2.75) is 6.92 Å². The summed E-state index contributed by atoms with van der Waals surface area (Å²) in [5, 5.41) is 8.61. The van der Waals surface area contributed by atoms with E-state index in [0.29, 0.717) is 0 Å². The van der Waals surface area contributed by atoms with Crippen molar-refractivity contribution < 1.29 is 4.39 Å². The van der Waals surface area contributed by atoms with Crippen LogP contribution in [0.3, 0.4) is 0 Å². The highest BCUT2D eigenvalue weighted by Crippen LogP contribution is 2.31. The van der Waals surface area contributed by atoms with E-state index in [-0.39, 0.29) is 5.82 Å². The molecule has 28 heavy (non-hydrogen) atoms. The van der Waals surface area contributed by atoms with E-state index in [0.717, 1.165) is 45.4 Å². The van der Waals surface area contributed by atoms with E-state index in [2.05, 4.69) is 20.2 Å². The fourth-order valence-corrected chi connectivity index (χ4v) is 3.34. The number of benzene rings is 2. The number of halogens is 1. The number of hydrogen-bond acceptors (Lipinski definition) is 3. The Labute approximate surface area is 160 Å². The number of aryl methyl sites for hydroxylation is 1. The van der Waals surface area contributed by atoms with Gasteiger partial charge in [-0.25, -0.2) is 9.37 Å². The molecule has 0 aliphatic heterocycles. The first-order valence-corrected chi connectivity index (χ1v) is 8.92. The summed E-state index contributed by atoms with van der Waals surface area (Å²) >= 11 is 0. The van der Waals surface area contributed by atoms with Crippen molar-refractivity contribution in [3.05, 3.63) is 84.6 Å². The van der Waals surface area contributed by atoms with Gasteiger partial charge in [0.05, 0.1) is 11.4 Å². The Morgan fingerprint density at radius 3 is 2.36 bits per heavy atom. The van der Waals surface area contributed by atoms with E-state index in [9.17, 15) is 4.39 Å². The molecular weight excluding hydrogens is 353 g/mol. The van der Waals surface area contributed by atoms with E-state index in [4.69, 9.17) is 0 Å². The van der Waals surface area contributed by atoms with Crippen molar-refractivity contribution in [2.24, 2.45) is 0 Å². The molecule has 5 nitrogen and oxygen atoms in total. The molecule has 0 atom stereocenters. The zero-order chi connectivity index (χ0) is 19.1. The van der Waals surface area contributed by atoms with Gasteiger partial charge in [0.1, 0.15) is 11.6 Å². The molecule has 136 valence electrons. The average molecular weight is 369 g/mol. The monoisotopic (exact) mass is 369 g/mol. The number of fused-ring (bicyclic) bond motifs is 1. The number of hydrogen-bond donors (Lipinski definition) is 1. The molecule has 2 aromatic carbocycles. The van der Waals surface area contributed by atoms with E-state index in [1.165, 1.54) is 12.1 Å². The lowest BCUT2D eigenvalue weighted by Crippen LogP contribution is -1.92. The molecular formula is C22H16FN5. The molecule has 0 spiro atoms. The molecule has 0 radical (unpaired) electrons. The van der Waals surface area contributed by atoms with Gasteiger partial charge >= 0.3 is 0 Å². The van der Waals surface area contributed by atoms with Crippen LogP contribution in [0, 0.1) is 12.7 Å². The summed E-state index contributed by atoms with van der Waals surface area (Å²) in [6.45, 7) is 1.91. The largest absolute Gasteiger partial charge is 0.342 e. The van der Waals surface area contributed by atoms with Gasteiger partial charge in [0.2, 0.25) is 0 Å². The fourth-order valence-electron chi connectivity index (χ4n) is 3.34. The Kier molecular flexibility index (Phi) is 3.76. The van der Waals surface area contributed by atoms with Crippen LogP contribution in [-0.2, 0) is 0 Å². The van der Waals surface area contributed by atoms with Crippen molar-refractivity contribution in [2.75, 3.05) is 0 Å². The third kappa shape index (κ3) is 2.75. The van der Waals surface area contributed by atoms with Crippen molar-refractivity contribution in [3.8, 4) is 33.9 Å². The summed E-state index contributed by atoms with van der Waals surface area (Å²) in [6.07, 6.45) is 1.99. The third-order valence-electron chi connectivity index (χ3n) is 4.66. The van der Waals surface area contributed by atoms with Crippen molar-refractivity contribution >= 4 is 5.65 Å². The number of nitrogens with one attached hydrogen (secondary N) is 1. The van der Waals surface area contributed by atoms with Gasteiger partial charge in [-0.15, -0.1) is 10.2 Å². The second kappa shape index (κ2) is 6.42. The first kappa shape index (κ1) is 16.4. The van der Waals surface area contributed by atoms with Gasteiger partial charge < -0.3 is 4.98 Å². The summed E-state index contributed by atoms with van der Waals surface area (Å²) in [5.41, 5.74) is 5.21. The standard InChI is InChI=1S/C22H16FN5/c1-14-24-20(15-7-10-18(23)11-8-15)21(25-14)17-9-12-19-26-27-22(28(19)13-17)16-5-3-2-4-6-16/h2-13H,1H3,(H,24,25). The molecule has 0 fully saturated rings. The summed E-state index contributed by atoms with van der Waals surface area (Å²) in [6, 6.07) is 20.2. The quantitative estimate of drug-likeness (QED) is 0.492. The van der Waals surface area contributed by atoms with E-state index in [1.54, 1.807) is 12.1 Å². The Balaban J connectivity index is 1.67. The molecule has 0 aliphatic carbocycles. The van der Waals surface area contributed by atoms with Gasteiger partial charge in [-0.1, -0.05) is 30.3 Å². The molecule has 5 rings (SSSR count). The fraction of sp³-hybridized carbons (Fsp3) is 0.0455. The van der Waals surface area contributed by atoms with Gasteiger partial charge in [-0.05, 0) is 43.3 Å². The lowest BCUT2D eigenvalue weighted by atomic mass is 10.1. The number of aromatic nitrogens is 5. The number of H-pyrrole nitrogens is 1. The first-order valence-electron chi connectivity index (χ1n) is 8.92. The minimum absolute atomic E-state index is 0.264. The highest BCUT2D eigenvalue weighted by Gasteiger charge is 2.15. The number of rotatable bonds is 3. The minimum atomic E-state index is -0.264. The maximum atomic E-state index is 13.3. The van der Waals surface area contributed by atoms with Crippen LogP contribution in [-0.4, -0.2) is 24.6 Å². The maximum Gasteiger partial charge on any atom is 0.168 e. The highest BCUT2D eigenvalue weighted by atomic mass is 19.1. The maximum absolute atomic E-state index is 13.3. The first-order chi connectivity index (χ1) is 13.7. The van der Waals surface area contributed by atoms with Gasteiger partial charge in [0, 0.05) is 22.9 Å². The molecule has 1 N–H and O–H groups in total. The molecule has 3 heterocycles. The summed E-state index contributed by atoms with van der Waals surface area (Å²) < 4.78 is 15.3. The molecule has 0 amide bonds. The lowest BCUT2D eigenvalue weighted by molar-refractivity contribution is 0.628. The van der Waals surface area contributed by atoms with Crippen molar-refractivity contribution in [1.82, 2.24) is 24.6 Å². The summed E-state index contributed by atoms with van der Waals surface area (Å²) in [5.74, 6) is 1.30. The van der Waals surface area contributed by atoms with Crippen LogP contribution in [0.1, 0.15) is 5.82 Å². The average Bonchev–Trinajstić information content (AvgIpc) is 3.32. The van der Waals surface area contributed by atoms with Crippen molar-refractivity contribution in [3.63, 3.8) is 0 Å². The Bertz CT molecular complexity index is 1270. The minimum Gasteiger partial charge on any atom is -0.342 e. The van der Waals surface area contributed by atoms with E-state index in [1.807, 2.05) is 60.0 Å². The molecule has 3 aromatic heterocycles. The van der Waals surface area contributed by atoms with Gasteiger partial charge in [0.15, 0.2) is 11.5 Å². The zero-order valence-electron chi connectivity index (χ0n) is 15.1. The Hall–Kier alpha value is -3.80. The van der Waals surface area contributed by atoms with Crippen LogP contribution in [0.2, 0.25) is 0 Å². The topological polar surface area (TPSA) is 58.9 Å². The van der Waals surface area contributed by atoms with Crippen LogP contribution in [0.4, 0.5) is 4.39 Å². The zero-order valence-corrected chi connectivity index (χ0v) is 15.1. The Morgan fingerprint density at radius 2 is 1.57 bits per heavy atom. The SMILES string of the molecule is Cc1nc(-c2ccc3nnc(-c4ccccc4)n3c2)c(-c2ccc(F)cc2)[nH]1. The second-order valence-corrected chi connectivity index (χ2v) is 6.59. The molecule has 0 unspecified atom stereocenters. The number of imidazole rings is 1. The van der Waals surface area contributed by atoms with Crippen LogP contribution in [0.15, 0.2) is 72.9 Å². The molecule has 0 bridgehead atoms. The number of aromatic amines is 1. The predicted molar refractivity (Wildman–Crippen MR) is 106 cm³/mol. The molecule has 0 saturated heterocycles. The van der Waals surface area contributed by atoms with Crippen molar-refractivity contribution in [1.29, 1.82) is 0 Å². The highest BCUT2D eigenvalue weighted by molar-refractivity contribution is 5.79. The molecule has 0 saturated carbocycles. The van der Waals surface area contributed by atoms with Crippen LogP contribution < -0.4 is 0 Å². The molecule has 5 aromatic rings. The smallest absolute Gasteiger partial charge is 0.168 e. The Morgan fingerprint density at radius 1 is 0.821 bits per heavy atom. The summed E-state index contributed by atoms with van der Waals surface area (Å²) in [4.78, 5) is 7.96. The number of pyridine rings is 1. The number of nitrogens with zero attached hydrogens (tertiary/aromatic N) is 4. The van der Waals surface area contributed by atoms with Crippen LogP contribution >= 0.6 is 0 Å².